The van der Waals surface area contributed by atoms with Crippen molar-refractivity contribution >= 4 is 17.9 Å². The molecule has 0 radical (unpaired) electrons. The zero-order chi connectivity index (χ0) is 9.30. The first kappa shape index (κ1) is 9.06. The molecule has 5 heteroatoms. The molecular weight excluding hydrogens is 193 g/mol. The van der Waals surface area contributed by atoms with Gasteiger partial charge in [-0.25, -0.2) is 13.2 Å². The van der Waals surface area contributed by atoms with Crippen LogP contribution in [0.4, 0.5) is 13.2 Å². The monoisotopic (exact) mass is 194 g/mol. The van der Waals surface area contributed by atoms with Crippen LogP contribution in [-0.2, 0) is 0 Å². The number of benzene rings is 1. The lowest BCUT2D eigenvalue weighted by Crippen LogP contribution is -1.97. The number of carbonyl (C=O) groups excluding carboxylic acids is 1. The Morgan fingerprint density at radius 1 is 1.25 bits per heavy atom. The SMILES string of the molecule is O=Cc1c(F)cc(F)c(Cl)c1F. The van der Waals surface area contributed by atoms with Crippen LogP contribution in [0.1, 0.15) is 10.4 Å². The molecule has 0 aliphatic rings. The van der Waals surface area contributed by atoms with Crippen LogP contribution in [0.25, 0.3) is 0 Å². The zero-order valence-corrected chi connectivity index (χ0v) is 6.33. The molecule has 0 heterocycles. The maximum absolute atomic E-state index is 12.7. The largest absolute Gasteiger partial charge is 0.298 e. The predicted molar refractivity (Wildman–Crippen MR) is 36.7 cm³/mol. The Hall–Kier alpha value is -1.03. The Bertz CT molecular complexity index is 338. The fraction of sp³-hybridized carbons (Fsp3) is 0. The van der Waals surface area contributed by atoms with Gasteiger partial charge in [0.05, 0.1) is 5.56 Å². The Kier molecular flexibility index (Phi) is 2.38. The summed E-state index contributed by atoms with van der Waals surface area (Å²) in [6.07, 6.45) is -0.0595. The Morgan fingerprint density at radius 3 is 2.33 bits per heavy atom. The lowest BCUT2D eigenvalue weighted by Gasteiger charge is -1.99. The van der Waals surface area contributed by atoms with E-state index in [0.29, 0.717) is 6.07 Å². The first-order valence-corrected chi connectivity index (χ1v) is 3.24. The van der Waals surface area contributed by atoms with Gasteiger partial charge in [0.15, 0.2) is 12.1 Å². The van der Waals surface area contributed by atoms with Gasteiger partial charge in [-0.15, -0.1) is 0 Å². The summed E-state index contributed by atoms with van der Waals surface area (Å²) in [5, 5.41) is -0.876. The maximum Gasteiger partial charge on any atom is 0.158 e. The summed E-state index contributed by atoms with van der Waals surface area (Å²) < 4.78 is 37.6. The van der Waals surface area contributed by atoms with E-state index in [9.17, 15) is 18.0 Å². The van der Waals surface area contributed by atoms with Crippen LogP contribution in [-0.4, -0.2) is 6.29 Å². The standard InChI is InChI=1S/C7H2ClF3O/c8-6-5(10)1-4(9)3(2-12)7(6)11/h1-2H. The van der Waals surface area contributed by atoms with E-state index in [1.165, 1.54) is 0 Å². The van der Waals surface area contributed by atoms with Crippen molar-refractivity contribution in [1.82, 2.24) is 0 Å². The van der Waals surface area contributed by atoms with Gasteiger partial charge in [0.25, 0.3) is 0 Å². The highest BCUT2D eigenvalue weighted by Crippen LogP contribution is 2.23. The number of aldehydes is 1. The van der Waals surface area contributed by atoms with Gasteiger partial charge in [0.1, 0.15) is 16.7 Å². The second kappa shape index (κ2) is 3.15. The number of carbonyl (C=O) groups is 1. The fourth-order valence-corrected chi connectivity index (χ4v) is 0.845. The van der Waals surface area contributed by atoms with Crippen molar-refractivity contribution in [2.75, 3.05) is 0 Å². The molecule has 0 spiro atoms. The van der Waals surface area contributed by atoms with Crippen molar-refractivity contribution in [2.24, 2.45) is 0 Å². The summed E-state index contributed by atoms with van der Waals surface area (Å²) in [4.78, 5) is 10.1. The van der Waals surface area contributed by atoms with E-state index in [2.05, 4.69) is 0 Å². The van der Waals surface area contributed by atoms with Crippen molar-refractivity contribution in [1.29, 1.82) is 0 Å². The molecule has 0 fully saturated rings. The van der Waals surface area contributed by atoms with Crippen LogP contribution in [0.15, 0.2) is 6.07 Å². The maximum atomic E-state index is 12.7. The number of halogens is 4. The van der Waals surface area contributed by atoms with Gasteiger partial charge in [-0.1, -0.05) is 11.6 Å². The van der Waals surface area contributed by atoms with Gasteiger partial charge in [-0.2, -0.15) is 0 Å². The Morgan fingerprint density at radius 2 is 1.83 bits per heavy atom. The molecule has 1 rings (SSSR count). The molecule has 0 bridgehead atoms. The Labute approximate surface area is 70.8 Å². The van der Waals surface area contributed by atoms with E-state index in [0.717, 1.165) is 0 Å². The van der Waals surface area contributed by atoms with Crippen molar-refractivity contribution < 1.29 is 18.0 Å². The molecule has 0 aliphatic carbocycles. The molecule has 0 unspecified atom stereocenters. The van der Waals surface area contributed by atoms with Gasteiger partial charge in [0, 0.05) is 6.07 Å². The van der Waals surface area contributed by atoms with Crippen LogP contribution < -0.4 is 0 Å². The highest BCUT2D eigenvalue weighted by molar-refractivity contribution is 6.31. The molecule has 0 aliphatic heterocycles. The van der Waals surface area contributed by atoms with Gasteiger partial charge in [-0.3, -0.25) is 4.79 Å². The van der Waals surface area contributed by atoms with Crippen molar-refractivity contribution in [3.63, 3.8) is 0 Å². The van der Waals surface area contributed by atoms with E-state index in [4.69, 9.17) is 11.6 Å². The zero-order valence-electron chi connectivity index (χ0n) is 5.57. The number of rotatable bonds is 1. The van der Waals surface area contributed by atoms with Gasteiger partial charge in [0.2, 0.25) is 0 Å². The first-order valence-electron chi connectivity index (χ1n) is 2.86. The minimum atomic E-state index is -1.37. The smallest absolute Gasteiger partial charge is 0.158 e. The second-order valence-corrected chi connectivity index (χ2v) is 2.38. The summed E-state index contributed by atoms with van der Waals surface area (Å²) in [5.74, 6) is -3.86. The summed E-state index contributed by atoms with van der Waals surface area (Å²) in [5.41, 5.74) is -0.860. The van der Waals surface area contributed by atoms with Crippen molar-refractivity contribution in [3.8, 4) is 0 Å². The van der Waals surface area contributed by atoms with Gasteiger partial charge in [-0.05, 0) is 0 Å². The van der Waals surface area contributed by atoms with Crippen LogP contribution in [0, 0.1) is 17.5 Å². The van der Waals surface area contributed by atoms with Crippen molar-refractivity contribution in [3.05, 3.63) is 34.1 Å². The third kappa shape index (κ3) is 1.30. The molecular formula is C7H2ClF3O. The summed E-state index contributed by atoms with van der Waals surface area (Å²) in [7, 11) is 0. The van der Waals surface area contributed by atoms with E-state index in [-0.39, 0.29) is 6.29 Å². The summed E-state index contributed by atoms with van der Waals surface area (Å²) in [6.45, 7) is 0. The van der Waals surface area contributed by atoms with Crippen LogP contribution >= 0.6 is 11.6 Å². The molecule has 12 heavy (non-hydrogen) atoms. The van der Waals surface area contributed by atoms with E-state index in [1.807, 2.05) is 0 Å². The normalized spacial score (nSPS) is 10.0. The van der Waals surface area contributed by atoms with E-state index in [1.54, 1.807) is 0 Å². The van der Waals surface area contributed by atoms with E-state index >= 15 is 0 Å². The average molecular weight is 195 g/mol. The van der Waals surface area contributed by atoms with Gasteiger partial charge < -0.3 is 0 Å². The number of hydrogen-bond acceptors (Lipinski definition) is 1. The molecule has 0 saturated carbocycles. The quantitative estimate of drug-likeness (QED) is 0.382. The Balaban J connectivity index is 3.51. The fourth-order valence-electron chi connectivity index (χ4n) is 0.688. The third-order valence-corrected chi connectivity index (χ3v) is 1.61. The van der Waals surface area contributed by atoms with Crippen LogP contribution in [0.2, 0.25) is 5.02 Å². The lowest BCUT2D eigenvalue weighted by molar-refractivity contribution is 0.111. The van der Waals surface area contributed by atoms with Gasteiger partial charge >= 0.3 is 0 Å². The first-order chi connectivity index (χ1) is 5.57. The average Bonchev–Trinajstić information content (AvgIpc) is 2.01. The minimum Gasteiger partial charge on any atom is -0.298 e. The molecule has 1 nitrogen and oxygen atoms in total. The molecule has 0 saturated heterocycles. The second-order valence-electron chi connectivity index (χ2n) is 2.00. The minimum absolute atomic E-state index is 0.0595. The molecule has 1 aromatic carbocycles. The highest BCUT2D eigenvalue weighted by atomic mass is 35.5. The number of hydrogen-bond donors (Lipinski definition) is 0. The lowest BCUT2D eigenvalue weighted by atomic mass is 10.2. The third-order valence-electron chi connectivity index (χ3n) is 1.27. The summed E-state index contributed by atoms with van der Waals surface area (Å²) >= 11 is 5.06. The molecule has 0 amide bonds. The van der Waals surface area contributed by atoms with Crippen LogP contribution in [0.5, 0.6) is 0 Å². The topological polar surface area (TPSA) is 17.1 Å². The van der Waals surface area contributed by atoms with Crippen molar-refractivity contribution in [2.45, 2.75) is 0 Å². The molecule has 64 valence electrons. The van der Waals surface area contributed by atoms with Crippen LogP contribution in [0.3, 0.4) is 0 Å². The van der Waals surface area contributed by atoms with E-state index < -0.39 is 28.0 Å². The highest BCUT2D eigenvalue weighted by Gasteiger charge is 2.16. The predicted octanol–water partition coefficient (Wildman–Crippen LogP) is 2.57. The molecule has 0 N–H and O–H groups in total. The summed E-state index contributed by atoms with van der Waals surface area (Å²) in [6, 6.07) is 0.356. The molecule has 0 aromatic heterocycles. The molecule has 0 atom stereocenters. The molecule has 1 aromatic rings.